The molecule has 0 bridgehead atoms. The number of nitrogens with zero attached hydrogens (tertiary/aromatic N) is 4. The predicted octanol–water partition coefficient (Wildman–Crippen LogP) is 8.85. The van der Waals surface area contributed by atoms with Crippen LogP contribution in [0.3, 0.4) is 0 Å². The van der Waals surface area contributed by atoms with Crippen molar-refractivity contribution < 1.29 is 4.74 Å². The molecule has 0 saturated heterocycles. The molecule has 0 heterocycles. The molecule has 31 heavy (non-hydrogen) atoms. The molecule has 0 fully saturated rings. The van der Waals surface area contributed by atoms with Crippen LogP contribution >= 0.6 is 0 Å². The lowest BCUT2D eigenvalue weighted by Gasteiger charge is -2.10. The lowest BCUT2D eigenvalue weighted by molar-refractivity contribution is 0.313. The van der Waals surface area contributed by atoms with Gasteiger partial charge in [-0.05, 0) is 55.0 Å². The molecule has 0 amide bonds. The maximum Gasteiger partial charge on any atom is 0.127 e. The van der Waals surface area contributed by atoms with Gasteiger partial charge in [-0.25, -0.2) is 0 Å². The Morgan fingerprint density at radius 2 is 1.16 bits per heavy atom. The van der Waals surface area contributed by atoms with Crippen LogP contribution in [0.5, 0.6) is 5.75 Å². The predicted molar refractivity (Wildman–Crippen MR) is 126 cm³/mol. The van der Waals surface area contributed by atoms with E-state index >= 15 is 0 Å². The third kappa shape index (κ3) is 5.39. The number of unbranched alkanes of at least 4 members (excludes halogenated alkanes) is 1. The SMILES string of the molecule is CCCCOc1ccc(N=Nc2ccc(N=Nc3ccccc3)cc2)c2ccccc12. The third-order valence-corrected chi connectivity index (χ3v) is 4.78. The second-order valence-corrected chi connectivity index (χ2v) is 7.08. The van der Waals surface area contributed by atoms with E-state index < -0.39 is 0 Å². The highest BCUT2D eigenvalue weighted by molar-refractivity contribution is 5.96. The van der Waals surface area contributed by atoms with Crippen molar-refractivity contribution >= 4 is 33.5 Å². The van der Waals surface area contributed by atoms with E-state index in [0.29, 0.717) is 0 Å². The van der Waals surface area contributed by atoms with Gasteiger partial charge in [-0.15, -0.1) is 5.11 Å². The summed E-state index contributed by atoms with van der Waals surface area (Å²) in [7, 11) is 0. The molecule has 0 spiro atoms. The number of ether oxygens (including phenoxy) is 1. The highest BCUT2D eigenvalue weighted by Gasteiger charge is 2.06. The van der Waals surface area contributed by atoms with Gasteiger partial charge in [-0.2, -0.15) is 15.3 Å². The normalized spacial score (nSPS) is 11.5. The second-order valence-electron chi connectivity index (χ2n) is 7.08. The minimum atomic E-state index is 0.718. The highest BCUT2D eigenvalue weighted by Crippen LogP contribution is 2.34. The van der Waals surface area contributed by atoms with Gasteiger partial charge in [-0.1, -0.05) is 55.8 Å². The first-order valence-electron chi connectivity index (χ1n) is 10.5. The Labute approximate surface area is 182 Å². The van der Waals surface area contributed by atoms with Crippen LogP contribution < -0.4 is 4.74 Å². The van der Waals surface area contributed by atoms with Gasteiger partial charge in [0.25, 0.3) is 0 Å². The number of azo groups is 2. The number of benzene rings is 4. The average molecular weight is 409 g/mol. The van der Waals surface area contributed by atoms with Crippen molar-refractivity contribution in [2.45, 2.75) is 19.8 Å². The zero-order valence-electron chi connectivity index (χ0n) is 17.5. The number of rotatable bonds is 8. The summed E-state index contributed by atoms with van der Waals surface area (Å²) in [5.74, 6) is 0.885. The quantitative estimate of drug-likeness (QED) is 0.212. The van der Waals surface area contributed by atoms with Gasteiger partial charge < -0.3 is 4.74 Å². The Kier molecular flexibility index (Phi) is 6.75. The molecule has 4 aromatic rings. The molecule has 4 aromatic carbocycles. The van der Waals surface area contributed by atoms with Crippen LogP contribution in [0.25, 0.3) is 10.8 Å². The zero-order chi connectivity index (χ0) is 21.3. The van der Waals surface area contributed by atoms with Crippen LogP contribution in [0, 0.1) is 0 Å². The van der Waals surface area contributed by atoms with E-state index in [9.17, 15) is 0 Å². The maximum atomic E-state index is 5.95. The van der Waals surface area contributed by atoms with Crippen LogP contribution in [0.1, 0.15) is 19.8 Å². The molecule has 5 heteroatoms. The van der Waals surface area contributed by atoms with Crippen LogP contribution in [0.15, 0.2) is 111 Å². The van der Waals surface area contributed by atoms with Gasteiger partial charge in [0.05, 0.1) is 29.4 Å². The van der Waals surface area contributed by atoms with Crippen molar-refractivity contribution in [3.05, 3.63) is 91.0 Å². The molecular formula is C26H24N4O. The van der Waals surface area contributed by atoms with E-state index in [0.717, 1.165) is 58.7 Å². The van der Waals surface area contributed by atoms with Gasteiger partial charge in [-0.3, -0.25) is 0 Å². The molecule has 0 radical (unpaired) electrons. The third-order valence-electron chi connectivity index (χ3n) is 4.78. The first-order chi connectivity index (χ1) is 15.3. The average Bonchev–Trinajstić information content (AvgIpc) is 2.83. The molecule has 0 atom stereocenters. The fraction of sp³-hybridized carbons (Fsp3) is 0.154. The van der Waals surface area contributed by atoms with E-state index in [4.69, 9.17) is 4.74 Å². The van der Waals surface area contributed by atoms with Crippen molar-refractivity contribution in [3.8, 4) is 5.75 Å². The fourth-order valence-electron chi connectivity index (χ4n) is 3.10. The van der Waals surface area contributed by atoms with Crippen LogP contribution in [-0.4, -0.2) is 6.61 Å². The highest BCUT2D eigenvalue weighted by atomic mass is 16.5. The molecule has 0 saturated carbocycles. The van der Waals surface area contributed by atoms with E-state index in [1.165, 1.54) is 0 Å². The molecule has 5 nitrogen and oxygen atoms in total. The van der Waals surface area contributed by atoms with Gasteiger partial charge in [0, 0.05) is 10.8 Å². The minimum Gasteiger partial charge on any atom is -0.493 e. The number of hydrogen-bond acceptors (Lipinski definition) is 5. The van der Waals surface area contributed by atoms with Crippen molar-refractivity contribution in [2.24, 2.45) is 20.5 Å². The summed E-state index contributed by atoms with van der Waals surface area (Å²) < 4.78 is 5.95. The van der Waals surface area contributed by atoms with E-state index in [1.807, 2.05) is 84.9 Å². The smallest absolute Gasteiger partial charge is 0.127 e. The Morgan fingerprint density at radius 3 is 1.84 bits per heavy atom. The molecule has 0 N–H and O–H groups in total. The molecule has 0 unspecified atom stereocenters. The van der Waals surface area contributed by atoms with E-state index in [-0.39, 0.29) is 0 Å². The molecular weight excluding hydrogens is 384 g/mol. The largest absolute Gasteiger partial charge is 0.493 e. The van der Waals surface area contributed by atoms with Crippen molar-refractivity contribution in [3.63, 3.8) is 0 Å². The summed E-state index contributed by atoms with van der Waals surface area (Å²) in [5.41, 5.74) is 3.15. The van der Waals surface area contributed by atoms with Crippen LogP contribution in [-0.2, 0) is 0 Å². The number of hydrogen-bond donors (Lipinski definition) is 0. The summed E-state index contributed by atoms with van der Waals surface area (Å²) >= 11 is 0. The summed E-state index contributed by atoms with van der Waals surface area (Å²) in [5, 5.41) is 19.4. The Morgan fingerprint density at radius 1 is 0.581 bits per heavy atom. The lowest BCUT2D eigenvalue weighted by atomic mass is 10.1. The summed E-state index contributed by atoms with van der Waals surface area (Å²) in [6, 6.07) is 29.2. The van der Waals surface area contributed by atoms with Crippen molar-refractivity contribution in [2.75, 3.05) is 6.61 Å². The first-order valence-corrected chi connectivity index (χ1v) is 10.5. The Bertz CT molecular complexity index is 1190. The standard InChI is InChI=1S/C26H24N4O/c1-2-3-19-31-26-18-17-25(23-11-7-8-12-24(23)26)30-29-22-15-13-21(14-16-22)28-27-20-9-5-4-6-10-20/h4-18H,2-3,19H2,1H3. The Balaban J connectivity index is 1.50. The molecule has 0 aliphatic heterocycles. The monoisotopic (exact) mass is 408 g/mol. The lowest BCUT2D eigenvalue weighted by Crippen LogP contribution is -1.96. The van der Waals surface area contributed by atoms with Crippen molar-refractivity contribution in [1.29, 1.82) is 0 Å². The number of fused-ring (bicyclic) bond motifs is 1. The van der Waals surface area contributed by atoms with Crippen molar-refractivity contribution in [1.82, 2.24) is 0 Å². The van der Waals surface area contributed by atoms with Crippen LogP contribution in [0.2, 0.25) is 0 Å². The molecule has 0 aliphatic rings. The molecule has 0 aromatic heterocycles. The molecule has 4 rings (SSSR count). The molecule has 154 valence electrons. The van der Waals surface area contributed by atoms with Gasteiger partial charge >= 0.3 is 0 Å². The topological polar surface area (TPSA) is 58.7 Å². The Hall–Kier alpha value is -3.86. The van der Waals surface area contributed by atoms with Gasteiger partial charge in [0.2, 0.25) is 0 Å². The van der Waals surface area contributed by atoms with Gasteiger partial charge in [0.1, 0.15) is 5.75 Å². The van der Waals surface area contributed by atoms with Gasteiger partial charge in [0.15, 0.2) is 0 Å². The fourth-order valence-corrected chi connectivity index (χ4v) is 3.10. The van der Waals surface area contributed by atoms with E-state index in [2.05, 4.69) is 33.4 Å². The zero-order valence-corrected chi connectivity index (χ0v) is 17.5. The maximum absolute atomic E-state index is 5.95. The first kappa shape index (κ1) is 20.4. The molecule has 0 aliphatic carbocycles. The summed E-state index contributed by atoms with van der Waals surface area (Å²) in [4.78, 5) is 0. The summed E-state index contributed by atoms with van der Waals surface area (Å²) in [6.07, 6.45) is 2.15. The minimum absolute atomic E-state index is 0.718. The van der Waals surface area contributed by atoms with Crippen LogP contribution in [0.4, 0.5) is 22.7 Å². The van der Waals surface area contributed by atoms with E-state index in [1.54, 1.807) is 0 Å². The second kappa shape index (κ2) is 10.3. The summed E-state index contributed by atoms with van der Waals surface area (Å²) in [6.45, 7) is 2.87.